The van der Waals surface area contributed by atoms with Gasteiger partial charge in [0.1, 0.15) is 0 Å². The van der Waals surface area contributed by atoms with Crippen LogP contribution in [0, 0.1) is 0 Å². The van der Waals surface area contributed by atoms with Crippen molar-refractivity contribution >= 4 is 22.7 Å². The van der Waals surface area contributed by atoms with Crippen molar-refractivity contribution in [1.29, 1.82) is 0 Å². The number of hydrogen-bond acceptors (Lipinski definition) is 4. The summed E-state index contributed by atoms with van der Waals surface area (Å²) in [6, 6.07) is 7.73. The Bertz CT molecular complexity index is 699. The van der Waals surface area contributed by atoms with Crippen LogP contribution in [0.5, 0.6) is 0 Å². The second kappa shape index (κ2) is 4.90. The van der Waals surface area contributed by atoms with Crippen LogP contribution in [0.25, 0.3) is 10.9 Å². The van der Waals surface area contributed by atoms with Crippen molar-refractivity contribution in [2.75, 3.05) is 5.75 Å². The lowest BCUT2D eigenvalue weighted by molar-refractivity contribution is 0.107. The number of fused-ring (bicyclic) bond motifs is 1. The van der Waals surface area contributed by atoms with Crippen LogP contribution in [0.1, 0.15) is 32.7 Å². The average Bonchev–Trinajstić information content (AvgIpc) is 3.20. The summed E-state index contributed by atoms with van der Waals surface area (Å²) in [7, 11) is 0. The lowest BCUT2D eigenvalue weighted by Crippen LogP contribution is -2.25. The van der Waals surface area contributed by atoms with Crippen LogP contribution >= 0.6 is 11.8 Å². The first-order chi connectivity index (χ1) is 9.46. The predicted octanol–water partition coefficient (Wildman–Crippen LogP) is 2.59. The van der Waals surface area contributed by atoms with E-state index in [1.54, 1.807) is 18.4 Å². The Hall–Kier alpha value is -1.33. The molecule has 1 aromatic heterocycles. The van der Waals surface area contributed by atoms with Gasteiger partial charge in [-0.3, -0.25) is 9.36 Å². The van der Waals surface area contributed by atoms with E-state index in [-0.39, 0.29) is 11.6 Å². The summed E-state index contributed by atoms with van der Waals surface area (Å²) in [4.78, 5) is 17.2. The molecular weight excluding hydrogens is 272 g/mol. The molecule has 3 rings (SSSR count). The van der Waals surface area contributed by atoms with Gasteiger partial charge in [-0.15, -0.1) is 0 Å². The molecule has 20 heavy (non-hydrogen) atoms. The van der Waals surface area contributed by atoms with Crippen LogP contribution in [0.15, 0.2) is 34.2 Å². The first kappa shape index (κ1) is 13.6. The van der Waals surface area contributed by atoms with Crippen molar-refractivity contribution < 1.29 is 5.11 Å². The van der Waals surface area contributed by atoms with Crippen LogP contribution in [0.4, 0.5) is 0 Å². The second-order valence-electron chi connectivity index (χ2n) is 5.92. The third-order valence-corrected chi connectivity index (χ3v) is 4.64. The summed E-state index contributed by atoms with van der Waals surface area (Å²) < 4.78 is 1.80. The molecular formula is C15H18N2O2S. The third-order valence-electron chi connectivity index (χ3n) is 3.24. The highest BCUT2D eigenvalue weighted by Gasteiger charge is 2.29. The zero-order chi connectivity index (χ0) is 14.3. The topological polar surface area (TPSA) is 55.1 Å². The van der Waals surface area contributed by atoms with Crippen molar-refractivity contribution in [3.8, 4) is 0 Å². The fourth-order valence-corrected chi connectivity index (χ4v) is 3.14. The van der Waals surface area contributed by atoms with E-state index in [9.17, 15) is 9.90 Å². The molecule has 0 bridgehead atoms. The van der Waals surface area contributed by atoms with E-state index in [1.165, 1.54) is 11.8 Å². The molecule has 0 radical (unpaired) electrons. The molecule has 1 N–H and O–H groups in total. The van der Waals surface area contributed by atoms with E-state index in [0.29, 0.717) is 11.1 Å². The number of benzene rings is 1. The lowest BCUT2D eigenvalue weighted by atomic mass is 10.2. The van der Waals surface area contributed by atoms with Crippen LogP contribution in [0.2, 0.25) is 0 Å². The molecule has 2 aromatic rings. The monoisotopic (exact) mass is 290 g/mol. The van der Waals surface area contributed by atoms with Crippen molar-refractivity contribution in [3.63, 3.8) is 0 Å². The van der Waals surface area contributed by atoms with Gasteiger partial charge in [-0.25, -0.2) is 4.98 Å². The molecule has 1 fully saturated rings. The highest BCUT2D eigenvalue weighted by Crippen LogP contribution is 2.37. The fourth-order valence-electron chi connectivity index (χ4n) is 2.12. The maximum Gasteiger partial charge on any atom is 0.262 e. The van der Waals surface area contributed by atoms with Gasteiger partial charge in [-0.05, 0) is 38.8 Å². The van der Waals surface area contributed by atoms with E-state index >= 15 is 0 Å². The molecule has 106 valence electrons. The zero-order valence-electron chi connectivity index (χ0n) is 11.7. The summed E-state index contributed by atoms with van der Waals surface area (Å²) >= 11 is 1.45. The summed E-state index contributed by atoms with van der Waals surface area (Å²) in [5, 5.41) is 11.3. The number of para-hydroxylation sites is 1. The largest absolute Gasteiger partial charge is 0.390 e. The average molecular weight is 290 g/mol. The second-order valence-corrected chi connectivity index (χ2v) is 6.86. The Morgan fingerprint density at radius 3 is 2.75 bits per heavy atom. The van der Waals surface area contributed by atoms with Gasteiger partial charge in [-0.2, -0.15) is 0 Å². The van der Waals surface area contributed by atoms with Gasteiger partial charge in [0.25, 0.3) is 5.56 Å². The number of aromatic nitrogens is 2. The molecule has 1 saturated carbocycles. The smallest absolute Gasteiger partial charge is 0.262 e. The van der Waals surface area contributed by atoms with Crippen LogP contribution in [-0.4, -0.2) is 26.0 Å². The lowest BCUT2D eigenvalue weighted by Gasteiger charge is -2.18. The first-order valence-electron chi connectivity index (χ1n) is 6.82. The summed E-state index contributed by atoms with van der Waals surface area (Å²) in [6.07, 6.45) is 2.08. The number of aliphatic hydroxyl groups is 1. The van der Waals surface area contributed by atoms with Crippen molar-refractivity contribution in [2.24, 2.45) is 0 Å². The Morgan fingerprint density at radius 2 is 2.10 bits per heavy atom. The van der Waals surface area contributed by atoms with E-state index in [4.69, 9.17) is 0 Å². The van der Waals surface area contributed by atoms with Crippen molar-refractivity contribution in [3.05, 3.63) is 34.6 Å². The van der Waals surface area contributed by atoms with Crippen LogP contribution < -0.4 is 5.56 Å². The highest BCUT2D eigenvalue weighted by atomic mass is 32.2. The molecule has 4 nitrogen and oxygen atoms in total. The summed E-state index contributed by atoms with van der Waals surface area (Å²) in [6.45, 7) is 3.53. The molecule has 0 saturated heterocycles. The quantitative estimate of drug-likeness (QED) is 0.694. The number of thioether (sulfide) groups is 1. The SMILES string of the molecule is CC(C)(O)CSc1nc2ccccc2c(=O)n1C1CC1. The zero-order valence-corrected chi connectivity index (χ0v) is 12.5. The maximum atomic E-state index is 12.6. The molecule has 0 amide bonds. The standard InChI is InChI=1S/C15H18N2O2S/c1-15(2,19)9-20-14-16-12-6-4-3-5-11(12)13(18)17(14)10-7-8-10/h3-6,10,19H,7-9H2,1-2H3. The Labute approximate surface area is 121 Å². The number of hydrogen-bond donors (Lipinski definition) is 1. The molecule has 5 heteroatoms. The molecule has 0 aliphatic heterocycles. The Kier molecular flexibility index (Phi) is 3.34. The first-order valence-corrected chi connectivity index (χ1v) is 7.81. The van der Waals surface area contributed by atoms with Crippen molar-refractivity contribution in [2.45, 2.75) is 43.5 Å². The van der Waals surface area contributed by atoms with Gasteiger partial charge in [0, 0.05) is 11.8 Å². The van der Waals surface area contributed by atoms with Gasteiger partial charge in [0.15, 0.2) is 5.16 Å². The predicted molar refractivity (Wildman–Crippen MR) is 81.3 cm³/mol. The molecule has 1 aliphatic carbocycles. The van der Waals surface area contributed by atoms with E-state index in [1.807, 2.05) is 24.3 Å². The van der Waals surface area contributed by atoms with E-state index < -0.39 is 5.60 Å². The van der Waals surface area contributed by atoms with Gasteiger partial charge in [-0.1, -0.05) is 23.9 Å². The van der Waals surface area contributed by atoms with Gasteiger partial charge >= 0.3 is 0 Å². The molecule has 1 aliphatic rings. The normalized spacial score (nSPS) is 15.8. The number of nitrogens with zero attached hydrogens (tertiary/aromatic N) is 2. The molecule has 0 atom stereocenters. The minimum absolute atomic E-state index is 0.0383. The Balaban J connectivity index is 2.09. The molecule has 1 heterocycles. The van der Waals surface area contributed by atoms with Gasteiger partial charge < -0.3 is 5.11 Å². The van der Waals surface area contributed by atoms with Gasteiger partial charge in [0.05, 0.1) is 16.5 Å². The molecule has 1 aromatic carbocycles. The molecule has 0 unspecified atom stereocenters. The van der Waals surface area contributed by atoms with Crippen molar-refractivity contribution in [1.82, 2.24) is 9.55 Å². The minimum atomic E-state index is -0.775. The minimum Gasteiger partial charge on any atom is -0.390 e. The number of rotatable bonds is 4. The van der Waals surface area contributed by atoms with E-state index in [0.717, 1.165) is 23.5 Å². The maximum absolute atomic E-state index is 12.6. The highest BCUT2D eigenvalue weighted by molar-refractivity contribution is 7.99. The van der Waals surface area contributed by atoms with Crippen LogP contribution in [-0.2, 0) is 0 Å². The van der Waals surface area contributed by atoms with E-state index in [2.05, 4.69) is 4.98 Å². The van der Waals surface area contributed by atoms with Crippen LogP contribution in [0.3, 0.4) is 0 Å². The fraction of sp³-hybridized carbons (Fsp3) is 0.467. The third kappa shape index (κ3) is 2.74. The summed E-state index contributed by atoms with van der Waals surface area (Å²) in [5.41, 5.74) is -0.00779. The van der Waals surface area contributed by atoms with Gasteiger partial charge in [0.2, 0.25) is 0 Å². The summed E-state index contributed by atoms with van der Waals surface area (Å²) in [5.74, 6) is 0.518. The Morgan fingerprint density at radius 1 is 1.40 bits per heavy atom. The molecule has 0 spiro atoms.